The molecule has 1 aromatic carbocycles. The number of carbonyl (C=O) groups is 3. The van der Waals surface area contributed by atoms with Gasteiger partial charge in [0.2, 0.25) is 5.91 Å². The number of halogens is 3. The molecule has 182 valence electrons. The van der Waals surface area contributed by atoms with Crippen LogP contribution < -0.4 is 15.4 Å². The molecule has 3 N–H and O–H groups in total. The molecule has 0 aliphatic carbocycles. The van der Waals surface area contributed by atoms with Gasteiger partial charge < -0.3 is 20.5 Å². The van der Waals surface area contributed by atoms with Crippen LogP contribution in [0.1, 0.15) is 27.7 Å². The van der Waals surface area contributed by atoms with E-state index < -0.39 is 41.7 Å². The monoisotopic (exact) mass is 506 g/mol. The highest BCUT2D eigenvalue weighted by Gasteiger charge is 2.31. The van der Waals surface area contributed by atoms with Gasteiger partial charge in [0, 0.05) is 24.3 Å². The maximum absolute atomic E-state index is 12.9. The van der Waals surface area contributed by atoms with Gasteiger partial charge >= 0.3 is 12.3 Å². The number of anilines is 1. The van der Waals surface area contributed by atoms with Crippen LogP contribution in [0.15, 0.2) is 72.1 Å². The summed E-state index contributed by atoms with van der Waals surface area (Å²) in [5, 5.41) is 13.5. The number of aliphatic carboxylic acids is 1. The summed E-state index contributed by atoms with van der Waals surface area (Å²) in [6.45, 7) is 0. The maximum Gasteiger partial charge on any atom is 0.573 e. The third-order valence-electron chi connectivity index (χ3n) is 4.20. The molecule has 0 aliphatic heterocycles. The quantitative estimate of drug-likeness (QED) is 0.226. The highest BCUT2D eigenvalue weighted by Crippen LogP contribution is 2.34. The SMILES string of the molecule is O=C(O)CC(=O)NC(Sc1ncccc1C(=O)Nc1ccc(OC(F)(F)F)cc1)c1ccncc1. The van der Waals surface area contributed by atoms with E-state index >= 15 is 0 Å². The number of ether oxygens (including phenoxy) is 1. The van der Waals surface area contributed by atoms with Gasteiger partial charge in [-0.05, 0) is 54.1 Å². The van der Waals surface area contributed by atoms with Crippen molar-refractivity contribution in [1.82, 2.24) is 15.3 Å². The second-order valence-electron chi connectivity index (χ2n) is 6.80. The number of nitrogens with one attached hydrogen (secondary N) is 2. The average Bonchev–Trinajstić information content (AvgIpc) is 2.79. The summed E-state index contributed by atoms with van der Waals surface area (Å²) in [5.74, 6) is -3.08. The van der Waals surface area contributed by atoms with Gasteiger partial charge in [0.25, 0.3) is 5.91 Å². The normalized spacial score (nSPS) is 11.9. The van der Waals surface area contributed by atoms with Crippen molar-refractivity contribution in [3.05, 3.63) is 78.2 Å². The van der Waals surface area contributed by atoms with Crippen LogP contribution in [0.5, 0.6) is 5.75 Å². The Morgan fingerprint density at radius 1 is 1.03 bits per heavy atom. The summed E-state index contributed by atoms with van der Waals surface area (Å²) in [6, 6.07) is 10.8. The zero-order valence-corrected chi connectivity index (χ0v) is 18.5. The van der Waals surface area contributed by atoms with E-state index in [2.05, 4.69) is 25.3 Å². The largest absolute Gasteiger partial charge is 0.573 e. The predicted octanol–water partition coefficient (Wildman–Crippen LogP) is 4.01. The molecule has 0 saturated heterocycles. The fraction of sp³-hybridized carbons (Fsp3) is 0.136. The Hall–Kier alpha value is -4.13. The number of hydrogen-bond acceptors (Lipinski definition) is 7. The van der Waals surface area contributed by atoms with E-state index in [0.29, 0.717) is 5.56 Å². The number of pyridine rings is 2. The molecule has 0 aliphatic rings. The Morgan fingerprint density at radius 3 is 2.34 bits per heavy atom. The highest BCUT2D eigenvalue weighted by atomic mass is 32.2. The maximum atomic E-state index is 12.9. The molecule has 1 atom stereocenters. The molecule has 0 bridgehead atoms. The molecule has 13 heteroatoms. The van der Waals surface area contributed by atoms with Crippen molar-refractivity contribution in [2.24, 2.45) is 0 Å². The highest BCUT2D eigenvalue weighted by molar-refractivity contribution is 7.99. The number of thioether (sulfide) groups is 1. The fourth-order valence-electron chi connectivity index (χ4n) is 2.76. The first-order valence-electron chi connectivity index (χ1n) is 9.80. The van der Waals surface area contributed by atoms with Crippen LogP contribution in [-0.4, -0.2) is 39.2 Å². The number of hydrogen-bond donors (Lipinski definition) is 3. The van der Waals surface area contributed by atoms with Gasteiger partial charge in [-0.15, -0.1) is 13.2 Å². The van der Waals surface area contributed by atoms with Crippen LogP contribution in [0, 0.1) is 0 Å². The van der Waals surface area contributed by atoms with E-state index in [0.717, 1.165) is 23.9 Å². The number of amides is 2. The van der Waals surface area contributed by atoms with Crippen molar-refractivity contribution in [1.29, 1.82) is 0 Å². The number of carbonyl (C=O) groups excluding carboxylic acids is 2. The molecule has 3 aromatic rings. The first kappa shape index (κ1) is 25.5. The number of carboxylic acid groups (broad SMARTS) is 1. The van der Waals surface area contributed by atoms with Gasteiger partial charge in [-0.1, -0.05) is 11.8 Å². The molecule has 0 radical (unpaired) electrons. The molecule has 35 heavy (non-hydrogen) atoms. The molecule has 2 heterocycles. The van der Waals surface area contributed by atoms with E-state index in [1.807, 2.05) is 0 Å². The smallest absolute Gasteiger partial charge is 0.481 e. The van der Waals surface area contributed by atoms with E-state index in [9.17, 15) is 27.6 Å². The van der Waals surface area contributed by atoms with E-state index in [1.165, 1.54) is 42.9 Å². The minimum Gasteiger partial charge on any atom is -0.481 e. The summed E-state index contributed by atoms with van der Waals surface area (Å²) in [6.07, 6.45) is -1.16. The molecular formula is C22H17F3N4O5S. The summed E-state index contributed by atoms with van der Waals surface area (Å²) in [4.78, 5) is 44.0. The van der Waals surface area contributed by atoms with Crippen molar-refractivity contribution in [3.8, 4) is 5.75 Å². The van der Waals surface area contributed by atoms with E-state index in [-0.39, 0.29) is 16.3 Å². The van der Waals surface area contributed by atoms with Crippen LogP contribution in [0.2, 0.25) is 0 Å². The standard InChI is InChI=1S/C22H17F3N4O5S/c23-22(24,25)34-15-5-3-14(4-6-15)28-19(33)16-2-1-9-27-21(16)35-20(13-7-10-26-11-8-13)29-17(30)12-18(31)32/h1-11,20H,12H2,(H,28,33)(H,29,30)(H,31,32). The number of nitrogens with zero attached hydrogens (tertiary/aromatic N) is 2. The van der Waals surface area contributed by atoms with Crippen molar-refractivity contribution < 1.29 is 37.4 Å². The molecule has 0 saturated carbocycles. The minimum absolute atomic E-state index is 0.125. The number of rotatable bonds is 9. The van der Waals surface area contributed by atoms with Crippen molar-refractivity contribution in [2.75, 3.05) is 5.32 Å². The summed E-state index contributed by atoms with van der Waals surface area (Å²) < 4.78 is 40.8. The van der Waals surface area contributed by atoms with Crippen LogP contribution in [0.3, 0.4) is 0 Å². The molecule has 1 unspecified atom stereocenters. The van der Waals surface area contributed by atoms with Gasteiger partial charge in [-0.2, -0.15) is 0 Å². The Bertz CT molecular complexity index is 1190. The molecule has 0 spiro atoms. The van der Waals surface area contributed by atoms with Crippen LogP contribution >= 0.6 is 11.8 Å². The lowest BCUT2D eigenvalue weighted by Crippen LogP contribution is -2.28. The summed E-state index contributed by atoms with van der Waals surface area (Å²) in [7, 11) is 0. The predicted molar refractivity (Wildman–Crippen MR) is 119 cm³/mol. The van der Waals surface area contributed by atoms with Crippen molar-refractivity contribution in [3.63, 3.8) is 0 Å². The Morgan fingerprint density at radius 2 is 1.71 bits per heavy atom. The Balaban J connectivity index is 1.79. The topological polar surface area (TPSA) is 131 Å². The molecule has 9 nitrogen and oxygen atoms in total. The Kier molecular flexibility index (Phi) is 8.25. The number of benzene rings is 1. The first-order valence-corrected chi connectivity index (χ1v) is 10.7. The second-order valence-corrected chi connectivity index (χ2v) is 7.89. The number of carboxylic acids is 1. The van der Waals surface area contributed by atoms with Crippen LogP contribution in [0.25, 0.3) is 0 Å². The number of aromatic nitrogens is 2. The van der Waals surface area contributed by atoms with Crippen LogP contribution in [-0.2, 0) is 9.59 Å². The van der Waals surface area contributed by atoms with Gasteiger partial charge in [-0.3, -0.25) is 19.4 Å². The fourth-order valence-corrected chi connectivity index (χ4v) is 3.88. The third kappa shape index (κ3) is 7.99. The van der Waals surface area contributed by atoms with Gasteiger partial charge in [0.15, 0.2) is 0 Å². The van der Waals surface area contributed by atoms with Crippen LogP contribution in [0.4, 0.5) is 18.9 Å². The zero-order chi connectivity index (χ0) is 25.4. The lowest BCUT2D eigenvalue weighted by Gasteiger charge is -2.19. The lowest BCUT2D eigenvalue weighted by molar-refractivity contribution is -0.274. The minimum atomic E-state index is -4.84. The van der Waals surface area contributed by atoms with E-state index in [4.69, 9.17) is 5.11 Å². The van der Waals surface area contributed by atoms with Gasteiger partial charge in [-0.25, -0.2) is 4.98 Å². The lowest BCUT2D eigenvalue weighted by atomic mass is 10.2. The molecule has 0 fully saturated rings. The average molecular weight is 506 g/mol. The van der Waals surface area contributed by atoms with Crippen molar-refractivity contribution >= 4 is 35.2 Å². The summed E-state index contributed by atoms with van der Waals surface area (Å²) >= 11 is 1.00. The van der Waals surface area contributed by atoms with E-state index in [1.54, 1.807) is 12.1 Å². The molecule has 2 aromatic heterocycles. The Labute approximate surface area is 200 Å². The number of alkyl halides is 3. The molecule has 2 amide bonds. The summed E-state index contributed by atoms with van der Waals surface area (Å²) in [5.41, 5.74) is 0.922. The molecular weight excluding hydrogens is 489 g/mol. The zero-order valence-electron chi connectivity index (χ0n) is 17.7. The third-order valence-corrected chi connectivity index (χ3v) is 5.38. The molecule has 3 rings (SSSR count). The first-order chi connectivity index (χ1) is 16.6. The van der Waals surface area contributed by atoms with Gasteiger partial charge in [0.1, 0.15) is 22.6 Å². The second kappa shape index (κ2) is 11.3. The van der Waals surface area contributed by atoms with Crippen molar-refractivity contribution in [2.45, 2.75) is 23.2 Å². The van der Waals surface area contributed by atoms with Gasteiger partial charge in [0.05, 0.1) is 5.56 Å².